The van der Waals surface area contributed by atoms with Crippen molar-refractivity contribution >= 4 is 27.3 Å². The van der Waals surface area contributed by atoms with Crippen molar-refractivity contribution in [3.8, 4) is 5.75 Å². The summed E-state index contributed by atoms with van der Waals surface area (Å²) in [6.07, 6.45) is 3.16. The molecule has 3 heteroatoms. The van der Waals surface area contributed by atoms with Gasteiger partial charge in [0.05, 0.1) is 7.11 Å². The number of allylic oxidation sites excluding steroid dienone is 2. The first-order valence-electron chi connectivity index (χ1n) is 7.30. The van der Waals surface area contributed by atoms with Gasteiger partial charge in [-0.05, 0) is 47.2 Å². The predicted octanol–water partition coefficient (Wildman–Crippen LogP) is 4.99. The Morgan fingerprint density at radius 1 is 1.05 bits per heavy atom. The third kappa shape index (κ3) is 3.00. The lowest BCUT2D eigenvalue weighted by molar-refractivity contribution is -0.115. The topological polar surface area (TPSA) is 26.3 Å². The summed E-state index contributed by atoms with van der Waals surface area (Å²) < 4.78 is 6.48. The Bertz CT molecular complexity index is 734. The third-order valence-corrected chi connectivity index (χ3v) is 4.74. The van der Waals surface area contributed by atoms with E-state index in [9.17, 15) is 4.79 Å². The number of para-hydroxylation sites is 1. The van der Waals surface area contributed by atoms with Crippen LogP contribution in [-0.2, 0) is 4.79 Å². The van der Waals surface area contributed by atoms with Crippen molar-refractivity contribution in [2.75, 3.05) is 7.11 Å². The molecule has 0 aromatic heterocycles. The summed E-state index contributed by atoms with van der Waals surface area (Å²) >= 11 is 3.58. The Kier molecular flexibility index (Phi) is 4.44. The number of benzene rings is 2. The highest BCUT2D eigenvalue weighted by molar-refractivity contribution is 9.10. The zero-order chi connectivity index (χ0) is 15.5. The summed E-state index contributed by atoms with van der Waals surface area (Å²) in [5, 5.41) is 0. The fraction of sp³-hybridized carbons (Fsp3) is 0.211. The number of methoxy groups -OCH3 is 1. The second kappa shape index (κ2) is 6.49. The second-order valence-electron chi connectivity index (χ2n) is 5.46. The minimum atomic E-state index is 0.163. The highest BCUT2D eigenvalue weighted by atomic mass is 79.9. The molecule has 1 aliphatic carbocycles. The summed E-state index contributed by atoms with van der Waals surface area (Å²) in [5.74, 6) is 1.19. The Hall–Kier alpha value is -1.87. The molecule has 2 aromatic carbocycles. The number of ether oxygens (including phenoxy) is 1. The molecular formula is C19H17BrO2. The number of rotatable bonds is 3. The molecule has 0 spiro atoms. The lowest BCUT2D eigenvalue weighted by Gasteiger charge is -2.24. The highest BCUT2D eigenvalue weighted by Crippen LogP contribution is 2.40. The van der Waals surface area contributed by atoms with Gasteiger partial charge in [-0.3, -0.25) is 4.79 Å². The number of carbonyl (C=O) groups is 1. The van der Waals surface area contributed by atoms with Crippen molar-refractivity contribution in [3.63, 3.8) is 0 Å². The van der Waals surface area contributed by atoms with E-state index >= 15 is 0 Å². The van der Waals surface area contributed by atoms with Crippen molar-refractivity contribution in [1.29, 1.82) is 0 Å². The summed E-state index contributed by atoms with van der Waals surface area (Å²) in [6, 6.07) is 16.0. The average molecular weight is 357 g/mol. The molecule has 1 unspecified atom stereocenters. The SMILES string of the molecule is COc1ccccc1C1CC(=O)C=C(c2ccccc2Br)C1. The molecule has 0 N–H and O–H groups in total. The Balaban J connectivity index is 1.97. The van der Waals surface area contributed by atoms with Crippen LogP contribution in [-0.4, -0.2) is 12.9 Å². The van der Waals surface area contributed by atoms with Crippen LogP contribution in [0.1, 0.15) is 29.9 Å². The van der Waals surface area contributed by atoms with Gasteiger partial charge < -0.3 is 4.74 Å². The molecule has 3 rings (SSSR count). The van der Waals surface area contributed by atoms with Gasteiger partial charge in [0.15, 0.2) is 5.78 Å². The molecule has 0 saturated heterocycles. The van der Waals surface area contributed by atoms with Crippen molar-refractivity contribution < 1.29 is 9.53 Å². The van der Waals surface area contributed by atoms with Gasteiger partial charge in [0.1, 0.15) is 5.75 Å². The standard InChI is InChI=1S/C19H17BrO2/c1-22-19-9-5-3-7-17(19)14-10-13(11-15(21)12-14)16-6-2-4-8-18(16)20/h2-9,11,14H,10,12H2,1H3. The van der Waals surface area contributed by atoms with Gasteiger partial charge >= 0.3 is 0 Å². The monoisotopic (exact) mass is 356 g/mol. The van der Waals surface area contributed by atoms with Crippen LogP contribution in [0.2, 0.25) is 0 Å². The first-order chi connectivity index (χ1) is 10.7. The Morgan fingerprint density at radius 3 is 2.55 bits per heavy atom. The van der Waals surface area contributed by atoms with E-state index in [1.807, 2.05) is 42.5 Å². The van der Waals surface area contributed by atoms with Crippen molar-refractivity contribution in [2.24, 2.45) is 0 Å². The van der Waals surface area contributed by atoms with Crippen LogP contribution in [0.15, 0.2) is 59.1 Å². The largest absolute Gasteiger partial charge is 0.496 e. The van der Waals surface area contributed by atoms with E-state index in [2.05, 4.69) is 22.0 Å². The first kappa shape index (κ1) is 15.0. The van der Waals surface area contributed by atoms with E-state index in [1.165, 1.54) is 0 Å². The van der Waals surface area contributed by atoms with E-state index < -0.39 is 0 Å². The third-order valence-electron chi connectivity index (χ3n) is 4.05. The maximum absolute atomic E-state index is 12.2. The zero-order valence-corrected chi connectivity index (χ0v) is 14.0. The molecule has 0 amide bonds. The smallest absolute Gasteiger partial charge is 0.156 e. The van der Waals surface area contributed by atoms with Crippen LogP contribution in [0.4, 0.5) is 0 Å². The van der Waals surface area contributed by atoms with E-state index in [4.69, 9.17) is 4.74 Å². The minimum Gasteiger partial charge on any atom is -0.496 e. The number of hydrogen-bond acceptors (Lipinski definition) is 2. The van der Waals surface area contributed by atoms with Gasteiger partial charge in [0.2, 0.25) is 0 Å². The highest BCUT2D eigenvalue weighted by Gasteiger charge is 2.25. The maximum Gasteiger partial charge on any atom is 0.156 e. The molecule has 0 heterocycles. The van der Waals surface area contributed by atoms with Gasteiger partial charge in [0.25, 0.3) is 0 Å². The first-order valence-corrected chi connectivity index (χ1v) is 8.09. The van der Waals surface area contributed by atoms with Crippen LogP contribution < -0.4 is 4.74 Å². The van der Waals surface area contributed by atoms with E-state index in [0.717, 1.165) is 33.3 Å². The van der Waals surface area contributed by atoms with E-state index in [-0.39, 0.29) is 11.7 Å². The molecule has 0 bridgehead atoms. The van der Waals surface area contributed by atoms with Gasteiger partial charge in [-0.15, -0.1) is 0 Å². The van der Waals surface area contributed by atoms with Crippen molar-refractivity contribution in [3.05, 3.63) is 70.2 Å². The molecule has 0 radical (unpaired) electrons. The number of halogens is 1. The van der Waals surface area contributed by atoms with Crippen molar-refractivity contribution in [1.82, 2.24) is 0 Å². The lowest BCUT2D eigenvalue weighted by Crippen LogP contribution is -2.13. The number of ketones is 1. The van der Waals surface area contributed by atoms with Crippen molar-refractivity contribution in [2.45, 2.75) is 18.8 Å². The Morgan fingerprint density at radius 2 is 1.77 bits per heavy atom. The van der Waals surface area contributed by atoms with E-state index in [1.54, 1.807) is 13.2 Å². The molecule has 22 heavy (non-hydrogen) atoms. The van der Waals surface area contributed by atoms with Gasteiger partial charge in [-0.2, -0.15) is 0 Å². The fourth-order valence-corrected chi connectivity index (χ4v) is 3.57. The summed E-state index contributed by atoms with van der Waals surface area (Å²) in [4.78, 5) is 12.2. The normalized spacial score (nSPS) is 18.0. The number of carbonyl (C=O) groups excluding carboxylic acids is 1. The quantitative estimate of drug-likeness (QED) is 0.774. The van der Waals surface area contributed by atoms with Crippen LogP contribution in [0, 0.1) is 0 Å². The number of hydrogen-bond donors (Lipinski definition) is 0. The minimum absolute atomic E-state index is 0.163. The summed E-state index contributed by atoms with van der Waals surface area (Å²) in [5.41, 5.74) is 3.28. The summed E-state index contributed by atoms with van der Waals surface area (Å²) in [6.45, 7) is 0. The van der Waals surface area contributed by atoms with Gasteiger partial charge in [0, 0.05) is 10.9 Å². The van der Waals surface area contributed by atoms with Gasteiger partial charge in [-0.25, -0.2) is 0 Å². The predicted molar refractivity (Wildman–Crippen MR) is 92.1 cm³/mol. The molecule has 2 aromatic rings. The molecule has 0 fully saturated rings. The van der Waals surface area contributed by atoms with Crippen LogP contribution in [0.3, 0.4) is 0 Å². The molecule has 0 aliphatic heterocycles. The van der Waals surface area contributed by atoms with Crippen LogP contribution in [0.25, 0.3) is 5.57 Å². The molecule has 112 valence electrons. The zero-order valence-electron chi connectivity index (χ0n) is 12.4. The van der Waals surface area contributed by atoms with Gasteiger partial charge in [-0.1, -0.05) is 52.3 Å². The lowest BCUT2D eigenvalue weighted by atomic mass is 9.80. The molecular weight excluding hydrogens is 340 g/mol. The molecule has 1 aliphatic rings. The van der Waals surface area contributed by atoms with E-state index in [0.29, 0.717) is 6.42 Å². The fourth-order valence-electron chi connectivity index (χ4n) is 3.03. The molecule has 2 nitrogen and oxygen atoms in total. The molecule has 0 saturated carbocycles. The molecule has 1 atom stereocenters. The Labute approximate surface area is 138 Å². The van der Waals surface area contributed by atoms with Crippen LogP contribution >= 0.6 is 15.9 Å². The maximum atomic E-state index is 12.2. The average Bonchev–Trinajstić information content (AvgIpc) is 2.54. The second-order valence-corrected chi connectivity index (χ2v) is 6.32. The van der Waals surface area contributed by atoms with Crippen LogP contribution in [0.5, 0.6) is 5.75 Å². The summed E-state index contributed by atoms with van der Waals surface area (Å²) in [7, 11) is 1.67.